The summed E-state index contributed by atoms with van der Waals surface area (Å²) in [4.78, 5) is 0. The number of allylic oxidation sites excluding steroid dienone is 3. The Labute approximate surface area is 89.1 Å². The van der Waals surface area contributed by atoms with Gasteiger partial charge in [0.15, 0.2) is 0 Å². The first-order valence-electron chi connectivity index (χ1n) is 5.86. The monoisotopic (exact) mass is 191 g/mol. The molecule has 0 bridgehead atoms. The van der Waals surface area contributed by atoms with Crippen LogP contribution in [0.25, 0.3) is 0 Å². The zero-order valence-corrected chi connectivity index (χ0v) is 9.47. The van der Waals surface area contributed by atoms with E-state index in [1.807, 2.05) is 12.2 Å². The fourth-order valence-corrected chi connectivity index (χ4v) is 2.26. The second-order valence-corrected chi connectivity index (χ2v) is 4.73. The van der Waals surface area contributed by atoms with Crippen molar-refractivity contribution in [3.8, 4) is 0 Å². The maximum absolute atomic E-state index is 4.02. The molecular weight excluding hydrogens is 168 g/mol. The molecule has 1 rings (SSSR count). The molecule has 0 aromatic heterocycles. The second kappa shape index (κ2) is 6.06. The zero-order chi connectivity index (χ0) is 10.4. The van der Waals surface area contributed by atoms with Gasteiger partial charge in [0, 0.05) is 0 Å². The van der Waals surface area contributed by atoms with Crippen LogP contribution in [0.4, 0.5) is 0 Å². The normalized spacial score (nSPS) is 28.9. The number of rotatable bonds is 4. The molecule has 0 aromatic rings. The summed E-state index contributed by atoms with van der Waals surface area (Å²) >= 11 is 0. The Bertz CT molecular complexity index is 192. The summed E-state index contributed by atoms with van der Waals surface area (Å²) < 4.78 is 0. The molecule has 0 heterocycles. The predicted molar refractivity (Wildman–Crippen MR) is 64.0 cm³/mol. The van der Waals surface area contributed by atoms with Crippen molar-refractivity contribution in [3.05, 3.63) is 31.2 Å². The van der Waals surface area contributed by atoms with Gasteiger partial charge in [-0.2, -0.15) is 0 Å². The highest BCUT2D eigenvalue weighted by atomic mass is 14.2. The summed E-state index contributed by atoms with van der Waals surface area (Å²) in [6.07, 6.45) is 12.1. The topological polar surface area (TPSA) is 0 Å². The van der Waals surface area contributed by atoms with Crippen molar-refractivity contribution in [1.29, 1.82) is 0 Å². The minimum Gasteiger partial charge on any atom is -0.0991 e. The molecule has 0 amide bonds. The average Bonchev–Trinajstić information content (AvgIpc) is 2.17. The molecule has 0 saturated heterocycles. The lowest BCUT2D eigenvalue weighted by Gasteiger charge is -2.26. The van der Waals surface area contributed by atoms with E-state index in [1.54, 1.807) is 0 Å². The lowest BCUT2D eigenvalue weighted by Crippen LogP contribution is -2.12. The molecule has 0 heteroatoms. The summed E-state index contributed by atoms with van der Waals surface area (Å²) in [5.41, 5.74) is 1.23. The predicted octanol–water partition coefficient (Wildman–Crippen LogP) is 4.54. The third kappa shape index (κ3) is 4.13. The van der Waals surface area contributed by atoms with E-state index < -0.39 is 0 Å². The van der Waals surface area contributed by atoms with E-state index in [2.05, 4.69) is 20.4 Å². The molecule has 0 aliphatic heterocycles. The minimum atomic E-state index is 0.959. The van der Waals surface area contributed by atoms with E-state index in [4.69, 9.17) is 0 Å². The lowest BCUT2D eigenvalue weighted by atomic mass is 9.80. The Morgan fingerprint density at radius 2 is 1.93 bits per heavy atom. The highest BCUT2D eigenvalue weighted by Gasteiger charge is 2.17. The van der Waals surface area contributed by atoms with Gasteiger partial charge in [0.1, 0.15) is 0 Å². The fraction of sp³-hybridized carbons (Fsp3) is 0.643. The van der Waals surface area contributed by atoms with Crippen molar-refractivity contribution in [2.75, 3.05) is 0 Å². The summed E-state index contributed by atoms with van der Waals surface area (Å²) in [6.45, 7) is 10.1. The molecule has 14 heavy (non-hydrogen) atoms. The van der Waals surface area contributed by atoms with E-state index in [0.29, 0.717) is 0 Å². The molecule has 79 valence electrons. The van der Waals surface area contributed by atoms with Gasteiger partial charge < -0.3 is 0 Å². The SMILES string of the molecule is [CH2]/C(=C\C=C)CCC1CCC(C)CC1. The quantitative estimate of drug-likeness (QED) is 0.572. The number of hydrogen-bond acceptors (Lipinski definition) is 0. The Hall–Kier alpha value is -0.520. The molecule has 1 fully saturated rings. The van der Waals surface area contributed by atoms with Crippen LogP contribution in [0, 0.1) is 18.8 Å². The van der Waals surface area contributed by atoms with Crippen LogP contribution in [0.2, 0.25) is 0 Å². The van der Waals surface area contributed by atoms with Crippen LogP contribution in [0.15, 0.2) is 24.3 Å². The van der Waals surface area contributed by atoms with Gasteiger partial charge in [-0.1, -0.05) is 56.9 Å². The molecular formula is C14H23. The van der Waals surface area contributed by atoms with E-state index in [9.17, 15) is 0 Å². The first kappa shape index (κ1) is 11.6. The van der Waals surface area contributed by atoms with Crippen LogP contribution >= 0.6 is 0 Å². The zero-order valence-electron chi connectivity index (χ0n) is 9.47. The number of hydrogen-bond donors (Lipinski definition) is 0. The molecule has 1 saturated carbocycles. The molecule has 1 radical (unpaired) electrons. The maximum atomic E-state index is 4.02. The summed E-state index contributed by atoms with van der Waals surface area (Å²) in [7, 11) is 0. The molecule has 1 aliphatic rings. The van der Waals surface area contributed by atoms with Gasteiger partial charge in [0.05, 0.1) is 0 Å². The Kier molecular flexibility index (Phi) is 5.00. The van der Waals surface area contributed by atoms with Crippen LogP contribution in [-0.2, 0) is 0 Å². The molecule has 0 aromatic carbocycles. The van der Waals surface area contributed by atoms with Crippen LogP contribution < -0.4 is 0 Å². The van der Waals surface area contributed by atoms with Gasteiger partial charge in [-0.3, -0.25) is 0 Å². The highest BCUT2D eigenvalue weighted by Crippen LogP contribution is 2.31. The van der Waals surface area contributed by atoms with E-state index in [-0.39, 0.29) is 0 Å². The van der Waals surface area contributed by atoms with Gasteiger partial charge >= 0.3 is 0 Å². The molecule has 0 atom stereocenters. The Morgan fingerprint density at radius 3 is 2.50 bits per heavy atom. The van der Waals surface area contributed by atoms with E-state index >= 15 is 0 Å². The smallest absolute Gasteiger partial charge is 0.0280 e. The molecule has 0 nitrogen and oxygen atoms in total. The summed E-state index contributed by atoms with van der Waals surface area (Å²) in [5.74, 6) is 1.93. The van der Waals surface area contributed by atoms with Crippen molar-refractivity contribution >= 4 is 0 Å². The minimum absolute atomic E-state index is 0.959. The highest BCUT2D eigenvalue weighted by molar-refractivity contribution is 5.12. The lowest BCUT2D eigenvalue weighted by molar-refractivity contribution is 0.278. The van der Waals surface area contributed by atoms with Crippen LogP contribution in [0.3, 0.4) is 0 Å². The average molecular weight is 191 g/mol. The largest absolute Gasteiger partial charge is 0.0991 e. The van der Waals surface area contributed by atoms with Gasteiger partial charge in [-0.25, -0.2) is 0 Å². The van der Waals surface area contributed by atoms with E-state index in [1.165, 1.54) is 37.7 Å². The summed E-state index contributed by atoms with van der Waals surface area (Å²) in [6, 6.07) is 0. The van der Waals surface area contributed by atoms with Crippen molar-refractivity contribution in [2.45, 2.75) is 45.4 Å². The molecule has 0 N–H and O–H groups in total. The molecule has 1 aliphatic carbocycles. The van der Waals surface area contributed by atoms with Crippen LogP contribution in [-0.4, -0.2) is 0 Å². The van der Waals surface area contributed by atoms with Crippen LogP contribution in [0.1, 0.15) is 45.4 Å². The fourth-order valence-electron chi connectivity index (χ4n) is 2.26. The van der Waals surface area contributed by atoms with Crippen molar-refractivity contribution < 1.29 is 0 Å². The maximum Gasteiger partial charge on any atom is -0.0280 e. The van der Waals surface area contributed by atoms with E-state index in [0.717, 1.165) is 18.3 Å². The molecule has 0 unspecified atom stereocenters. The first-order valence-corrected chi connectivity index (χ1v) is 5.86. The van der Waals surface area contributed by atoms with Crippen molar-refractivity contribution in [3.63, 3.8) is 0 Å². The third-order valence-electron chi connectivity index (χ3n) is 3.36. The van der Waals surface area contributed by atoms with Gasteiger partial charge in [0.25, 0.3) is 0 Å². The van der Waals surface area contributed by atoms with Crippen molar-refractivity contribution in [1.82, 2.24) is 0 Å². The standard InChI is InChI=1S/C14H23/c1-4-5-12(2)6-9-14-10-7-13(3)8-11-14/h4-5,13-14H,1-2,6-11H2,3H3/b12-5+. The Morgan fingerprint density at radius 1 is 1.29 bits per heavy atom. The first-order chi connectivity index (χ1) is 6.72. The van der Waals surface area contributed by atoms with Gasteiger partial charge in [-0.05, 0) is 31.6 Å². The third-order valence-corrected chi connectivity index (χ3v) is 3.36. The molecule has 0 spiro atoms. The van der Waals surface area contributed by atoms with Crippen molar-refractivity contribution in [2.24, 2.45) is 11.8 Å². The van der Waals surface area contributed by atoms with Crippen LogP contribution in [0.5, 0.6) is 0 Å². The van der Waals surface area contributed by atoms with Gasteiger partial charge in [-0.15, -0.1) is 0 Å². The van der Waals surface area contributed by atoms with Gasteiger partial charge in [0.2, 0.25) is 0 Å². The Balaban J connectivity index is 2.19. The second-order valence-electron chi connectivity index (χ2n) is 4.73. The summed E-state index contributed by atoms with van der Waals surface area (Å²) in [5, 5.41) is 0.